The first-order valence-electron chi connectivity index (χ1n) is 6.43. The lowest BCUT2D eigenvalue weighted by Crippen LogP contribution is -2.34. The molecule has 0 saturated carbocycles. The van der Waals surface area contributed by atoms with Gasteiger partial charge in [0.15, 0.2) is 0 Å². The van der Waals surface area contributed by atoms with E-state index in [1.165, 1.54) is 19.2 Å². The zero-order valence-electron chi connectivity index (χ0n) is 11.6. The van der Waals surface area contributed by atoms with E-state index in [4.69, 9.17) is 4.74 Å². The lowest BCUT2D eigenvalue weighted by atomic mass is 10.2. The SMILES string of the molecule is COc1ncccc1CNC(=O)NCc1ccc(F)cc1. The Bertz CT molecular complexity index is 602. The van der Waals surface area contributed by atoms with Gasteiger partial charge in [0.05, 0.1) is 7.11 Å². The number of rotatable bonds is 5. The van der Waals surface area contributed by atoms with Crippen LogP contribution >= 0.6 is 0 Å². The molecule has 0 aliphatic carbocycles. The van der Waals surface area contributed by atoms with Gasteiger partial charge in [0, 0.05) is 24.8 Å². The number of aromatic nitrogens is 1. The van der Waals surface area contributed by atoms with Crippen LogP contribution in [0.5, 0.6) is 5.88 Å². The lowest BCUT2D eigenvalue weighted by molar-refractivity contribution is 0.240. The first-order chi connectivity index (χ1) is 10.2. The predicted octanol–water partition coefficient (Wildman–Crippen LogP) is 2.23. The van der Waals surface area contributed by atoms with Crippen molar-refractivity contribution in [1.82, 2.24) is 15.6 Å². The maximum atomic E-state index is 12.7. The number of amides is 2. The summed E-state index contributed by atoms with van der Waals surface area (Å²) < 4.78 is 17.8. The van der Waals surface area contributed by atoms with Crippen molar-refractivity contribution in [2.75, 3.05) is 7.11 Å². The molecule has 21 heavy (non-hydrogen) atoms. The van der Waals surface area contributed by atoms with E-state index in [1.54, 1.807) is 24.4 Å². The first kappa shape index (κ1) is 14.8. The number of urea groups is 1. The van der Waals surface area contributed by atoms with Crippen LogP contribution in [0.1, 0.15) is 11.1 Å². The highest BCUT2D eigenvalue weighted by Gasteiger charge is 2.05. The molecule has 0 aliphatic rings. The first-order valence-corrected chi connectivity index (χ1v) is 6.43. The summed E-state index contributed by atoms with van der Waals surface area (Å²) in [5.74, 6) is 0.184. The molecule has 5 nitrogen and oxygen atoms in total. The molecule has 1 aromatic heterocycles. The van der Waals surface area contributed by atoms with Crippen LogP contribution in [0.2, 0.25) is 0 Å². The fourth-order valence-corrected chi connectivity index (χ4v) is 1.77. The molecule has 2 aromatic rings. The molecule has 0 unspecified atom stereocenters. The van der Waals surface area contributed by atoms with Gasteiger partial charge in [0.1, 0.15) is 5.82 Å². The predicted molar refractivity (Wildman–Crippen MR) is 76.3 cm³/mol. The van der Waals surface area contributed by atoms with E-state index in [0.717, 1.165) is 11.1 Å². The van der Waals surface area contributed by atoms with Crippen molar-refractivity contribution >= 4 is 6.03 Å². The molecule has 0 atom stereocenters. The fourth-order valence-electron chi connectivity index (χ4n) is 1.77. The molecular formula is C15H16FN3O2. The number of halogens is 1. The van der Waals surface area contributed by atoms with Gasteiger partial charge in [-0.2, -0.15) is 0 Å². The summed E-state index contributed by atoms with van der Waals surface area (Å²) in [5, 5.41) is 5.40. The summed E-state index contributed by atoms with van der Waals surface area (Å²) in [6.45, 7) is 0.641. The number of hydrogen-bond acceptors (Lipinski definition) is 3. The third-order valence-corrected chi connectivity index (χ3v) is 2.85. The third kappa shape index (κ3) is 4.45. The Balaban J connectivity index is 1.81. The van der Waals surface area contributed by atoms with Crippen molar-refractivity contribution < 1.29 is 13.9 Å². The largest absolute Gasteiger partial charge is 0.481 e. The van der Waals surface area contributed by atoms with Crippen molar-refractivity contribution in [3.05, 3.63) is 59.5 Å². The van der Waals surface area contributed by atoms with Crippen LogP contribution in [0, 0.1) is 5.82 Å². The molecule has 6 heteroatoms. The monoisotopic (exact) mass is 289 g/mol. The van der Waals surface area contributed by atoms with Gasteiger partial charge in [-0.3, -0.25) is 0 Å². The van der Waals surface area contributed by atoms with Gasteiger partial charge in [-0.15, -0.1) is 0 Å². The van der Waals surface area contributed by atoms with Gasteiger partial charge in [0.25, 0.3) is 0 Å². The number of ether oxygens (including phenoxy) is 1. The molecule has 0 fully saturated rings. The van der Waals surface area contributed by atoms with Gasteiger partial charge in [-0.25, -0.2) is 14.2 Å². The normalized spacial score (nSPS) is 10.0. The number of benzene rings is 1. The molecule has 2 amide bonds. The van der Waals surface area contributed by atoms with Gasteiger partial charge in [-0.05, 0) is 23.8 Å². The number of carbonyl (C=O) groups is 1. The van der Waals surface area contributed by atoms with Crippen LogP contribution in [-0.4, -0.2) is 18.1 Å². The number of hydrogen-bond donors (Lipinski definition) is 2. The minimum atomic E-state index is -0.315. The summed E-state index contributed by atoms with van der Waals surface area (Å²) in [4.78, 5) is 15.7. The molecular weight excluding hydrogens is 273 g/mol. The third-order valence-electron chi connectivity index (χ3n) is 2.85. The van der Waals surface area contributed by atoms with Gasteiger partial charge >= 0.3 is 6.03 Å². The molecule has 0 spiro atoms. The minimum Gasteiger partial charge on any atom is -0.481 e. The highest BCUT2D eigenvalue weighted by Crippen LogP contribution is 2.12. The second-order valence-corrected chi connectivity index (χ2v) is 4.33. The number of methoxy groups -OCH3 is 1. The van der Waals surface area contributed by atoms with E-state index in [0.29, 0.717) is 19.0 Å². The highest BCUT2D eigenvalue weighted by atomic mass is 19.1. The standard InChI is InChI=1S/C15H16FN3O2/c1-21-14-12(3-2-8-17-14)10-19-15(20)18-9-11-4-6-13(16)7-5-11/h2-8H,9-10H2,1H3,(H2,18,19,20). The average Bonchev–Trinajstić information content (AvgIpc) is 2.52. The molecule has 1 heterocycles. The Morgan fingerprint density at radius 3 is 2.62 bits per heavy atom. The van der Waals surface area contributed by atoms with Gasteiger partial charge in [-0.1, -0.05) is 18.2 Å². The van der Waals surface area contributed by atoms with E-state index in [2.05, 4.69) is 15.6 Å². The number of pyridine rings is 1. The fraction of sp³-hybridized carbons (Fsp3) is 0.200. The van der Waals surface area contributed by atoms with Crippen LogP contribution in [0.3, 0.4) is 0 Å². The Kier molecular flexibility index (Phi) is 5.09. The Labute approximate surface area is 122 Å². The Hall–Kier alpha value is -2.63. The Morgan fingerprint density at radius 2 is 1.90 bits per heavy atom. The maximum absolute atomic E-state index is 12.7. The van der Waals surface area contributed by atoms with Crippen LogP contribution in [0.15, 0.2) is 42.6 Å². The second-order valence-electron chi connectivity index (χ2n) is 4.33. The molecule has 0 aliphatic heterocycles. The van der Waals surface area contributed by atoms with Crippen LogP contribution < -0.4 is 15.4 Å². The van der Waals surface area contributed by atoms with Crippen molar-refractivity contribution in [2.24, 2.45) is 0 Å². The van der Waals surface area contributed by atoms with Crippen molar-refractivity contribution in [3.63, 3.8) is 0 Å². The van der Waals surface area contributed by atoms with Crippen LogP contribution in [0.25, 0.3) is 0 Å². The summed E-state index contributed by atoms with van der Waals surface area (Å²) in [6.07, 6.45) is 1.62. The maximum Gasteiger partial charge on any atom is 0.315 e. The number of nitrogens with zero attached hydrogens (tertiary/aromatic N) is 1. The van der Waals surface area contributed by atoms with E-state index < -0.39 is 0 Å². The summed E-state index contributed by atoms with van der Waals surface area (Å²) in [6, 6.07) is 9.25. The minimum absolute atomic E-state index is 0.299. The summed E-state index contributed by atoms with van der Waals surface area (Å²) in [7, 11) is 1.53. The van der Waals surface area contributed by atoms with E-state index in [9.17, 15) is 9.18 Å². The van der Waals surface area contributed by atoms with Crippen LogP contribution in [-0.2, 0) is 13.1 Å². The molecule has 2 N–H and O–H groups in total. The smallest absolute Gasteiger partial charge is 0.315 e. The zero-order valence-corrected chi connectivity index (χ0v) is 11.6. The quantitative estimate of drug-likeness (QED) is 0.887. The summed E-state index contributed by atoms with van der Waals surface area (Å²) >= 11 is 0. The molecule has 0 saturated heterocycles. The molecule has 1 aromatic carbocycles. The van der Waals surface area contributed by atoms with E-state index in [-0.39, 0.29) is 11.8 Å². The van der Waals surface area contributed by atoms with Crippen molar-refractivity contribution in [2.45, 2.75) is 13.1 Å². The molecule has 110 valence electrons. The number of carbonyl (C=O) groups excluding carboxylic acids is 1. The van der Waals surface area contributed by atoms with Gasteiger partial charge in [0.2, 0.25) is 5.88 Å². The number of nitrogens with one attached hydrogen (secondary N) is 2. The van der Waals surface area contributed by atoms with E-state index in [1.807, 2.05) is 6.07 Å². The zero-order chi connectivity index (χ0) is 15.1. The van der Waals surface area contributed by atoms with Crippen LogP contribution in [0.4, 0.5) is 9.18 Å². The lowest BCUT2D eigenvalue weighted by Gasteiger charge is -2.09. The molecule has 2 rings (SSSR count). The van der Waals surface area contributed by atoms with Gasteiger partial charge < -0.3 is 15.4 Å². The highest BCUT2D eigenvalue weighted by molar-refractivity contribution is 5.73. The van der Waals surface area contributed by atoms with E-state index >= 15 is 0 Å². The average molecular weight is 289 g/mol. The topological polar surface area (TPSA) is 63.2 Å². The Morgan fingerprint density at radius 1 is 1.19 bits per heavy atom. The summed E-state index contributed by atoms with van der Waals surface area (Å²) in [5.41, 5.74) is 1.61. The van der Waals surface area contributed by atoms with Crippen molar-refractivity contribution in [1.29, 1.82) is 0 Å². The molecule has 0 bridgehead atoms. The second kappa shape index (κ2) is 7.23. The molecule has 0 radical (unpaired) electrons. The van der Waals surface area contributed by atoms with Crippen molar-refractivity contribution in [3.8, 4) is 5.88 Å².